The lowest BCUT2D eigenvalue weighted by atomic mass is 10.1. The minimum absolute atomic E-state index is 0.113. The van der Waals surface area contributed by atoms with Crippen LogP contribution in [-0.2, 0) is 34.5 Å². The molecule has 0 aliphatic heterocycles. The van der Waals surface area contributed by atoms with E-state index in [2.05, 4.69) is 5.10 Å². The van der Waals surface area contributed by atoms with Gasteiger partial charge in [-0.25, -0.2) is 0 Å². The highest BCUT2D eigenvalue weighted by Crippen LogP contribution is 2.35. The molecule has 1 N–H and O–H groups in total. The normalized spacial score (nSPS) is 12.2. The molecule has 1 aromatic carbocycles. The molecule has 0 amide bonds. The summed E-state index contributed by atoms with van der Waals surface area (Å²) in [5.74, 6) is -1.01. The highest BCUT2D eigenvalue weighted by molar-refractivity contribution is 7.92. The smallest absolute Gasteiger partial charge is 0.420 e. The summed E-state index contributed by atoms with van der Waals surface area (Å²) < 4.78 is 66.1. The summed E-state index contributed by atoms with van der Waals surface area (Å²) in [5, 5.41) is 11.2. The van der Waals surface area contributed by atoms with Crippen LogP contribution in [0.5, 0.6) is 0 Å². The second-order valence-electron chi connectivity index (χ2n) is 5.52. The van der Waals surface area contributed by atoms with Gasteiger partial charge in [0.1, 0.15) is 5.56 Å². The molecular formula is C15H16F3N3O4S. The standard InChI is InChI=1S/C15H16F3N3O4S/c1-20-14(12(9-19-20)15(16,17)18)26(24,25)21(2)11-5-3-4-10(8-11)6-7-13(22)23/h3-5,8-9H,6-7H2,1-2H3,(H,22,23). The number of alkyl halides is 3. The van der Waals surface area contributed by atoms with Crippen molar-refractivity contribution in [2.45, 2.75) is 24.0 Å². The van der Waals surface area contributed by atoms with Gasteiger partial charge in [-0.2, -0.15) is 26.7 Å². The maximum absolute atomic E-state index is 13.1. The van der Waals surface area contributed by atoms with Gasteiger partial charge in [0.05, 0.1) is 11.9 Å². The molecule has 0 spiro atoms. The Morgan fingerprint density at radius 2 is 2.00 bits per heavy atom. The maximum atomic E-state index is 13.1. The largest absolute Gasteiger partial charge is 0.481 e. The van der Waals surface area contributed by atoms with Crippen LogP contribution in [0.2, 0.25) is 0 Å². The molecule has 142 valence electrons. The van der Waals surface area contributed by atoms with Crippen molar-refractivity contribution in [3.63, 3.8) is 0 Å². The third-order valence-electron chi connectivity index (χ3n) is 3.70. The molecule has 0 unspecified atom stereocenters. The highest BCUT2D eigenvalue weighted by Gasteiger charge is 2.41. The average Bonchev–Trinajstić information content (AvgIpc) is 2.95. The van der Waals surface area contributed by atoms with E-state index in [0.717, 1.165) is 14.1 Å². The van der Waals surface area contributed by atoms with Crippen LogP contribution in [-0.4, -0.2) is 36.3 Å². The number of anilines is 1. The number of halogens is 3. The Bertz CT molecular complexity index is 922. The van der Waals surface area contributed by atoms with E-state index in [0.29, 0.717) is 20.7 Å². The average molecular weight is 391 g/mol. The lowest BCUT2D eigenvalue weighted by molar-refractivity contribution is -0.140. The number of nitrogens with zero attached hydrogens (tertiary/aromatic N) is 3. The summed E-state index contributed by atoms with van der Waals surface area (Å²) in [7, 11) is -2.31. The lowest BCUT2D eigenvalue weighted by Crippen LogP contribution is -2.30. The first-order valence-corrected chi connectivity index (χ1v) is 8.77. The van der Waals surface area contributed by atoms with Crippen molar-refractivity contribution in [1.82, 2.24) is 9.78 Å². The fourth-order valence-electron chi connectivity index (χ4n) is 2.35. The van der Waals surface area contributed by atoms with Gasteiger partial charge >= 0.3 is 12.1 Å². The van der Waals surface area contributed by atoms with Crippen LogP contribution >= 0.6 is 0 Å². The monoisotopic (exact) mass is 391 g/mol. The van der Waals surface area contributed by atoms with Crippen LogP contribution in [0, 0.1) is 0 Å². The second-order valence-corrected chi connectivity index (χ2v) is 7.41. The molecule has 1 aromatic heterocycles. The zero-order chi connectivity index (χ0) is 19.7. The molecule has 0 saturated carbocycles. The summed E-state index contributed by atoms with van der Waals surface area (Å²) in [6, 6.07) is 5.94. The van der Waals surface area contributed by atoms with Crippen molar-refractivity contribution >= 4 is 21.7 Å². The van der Waals surface area contributed by atoms with Gasteiger partial charge in [-0.05, 0) is 24.1 Å². The predicted octanol–water partition coefficient (Wildman–Crippen LogP) is 2.28. The molecule has 2 aromatic rings. The quantitative estimate of drug-likeness (QED) is 0.816. The van der Waals surface area contributed by atoms with E-state index >= 15 is 0 Å². The first kappa shape index (κ1) is 19.8. The van der Waals surface area contributed by atoms with Crippen molar-refractivity contribution in [1.29, 1.82) is 0 Å². The number of carbonyl (C=O) groups is 1. The van der Waals surface area contributed by atoms with E-state index in [1.807, 2.05) is 0 Å². The molecule has 2 rings (SSSR count). The summed E-state index contributed by atoms with van der Waals surface area (Å²) in [6.45, 7) is 0. The number of carboxylic acid groups (broad SMARTS) is 1. The van der Waals surface area contributed by atoms with E-state index < -0.39 is 32.8 Å². The van der Waals surface area contributed by atoms with Crippen molar-refractivity contribution in [3.8, 4) is 0 Å². The van der Waals surface area contributed by atoms with Crippen molar-refractivity contribution in [3.05, 3.63) is 41.6 Å². The Balaban J connectivity index is 2.44. The number of carboxylic acids is 1. The molecule has 0 aliphatic carbocycles. The molecule has 0 atom stereocenters. The Morgan fingerprint density at radius 1 is 1.35 bits per heavy atom. The SMILES string of the molecule is CN(c1cccc(CCC(=O)O)c1)S(=O)(=O)c1c(C(F)(F)F)cnn1C. The van der Waals surface area contributed by atoms with Gasteiger partial charge in [-0.15, -0.1) is 0 Å². The predicted molar refractivity (Wildman–Crippen MR) is 86.2 cm³/mol. The Hall–Kier alpha value is -2.56. The van der Waals surface area contributed by atoms with Gasteiger partial charge in [0.15, 0.2) is 5.03 Å². The zero-order valence-corrected chi connectivity index (χ0v) is 14.7. The molecule has 11 heteroatoms. The van der Waals surface area contributed by atoms with Crippen LogP contribution in [0.4, 0.5) is 18.9 Å². The van der Waals surface area contributed by atoms with Crippen molar-refractivity contribution in [2.24, 2.45) is 7.05 Å². The molecule has 0 aliphatic rings. The molecular weight excluding hydrogens is 375 g/mol. The molecule has 7 nitrogen and oxygen atoms in total. The minimum Gasteiger partial charge on any atom is -0.481 e. The lowest BCUT2D eigenvalue weighted by Gasteiger charge is -2.21. The van der Waals surface area contributed by atoms with E-state index in [9.17, 15) is 26.4 Å². The topological polar surface area (TPSA) is 92.5 Å². The number of sulfonamides is 1. The van der Waals surface area contributed by atoms with Crippen molar-refractivity contribution in [2.75, 3.05) is 11.4 Å². The first-order valence-electron chi connectivity index (χ1n) is 7.33. The summed E-state index contributed by atoms with van der Waals surface area (Å²) in [5.41, 5.74) is -0.691. The van der Waals surface area contributed by atoms with Gasteiger partial charge < -0.3 is 5.11 Å². The van der Waals surface area contributed by atoms with Crippen LogP contribution in [0.15, 0.2) is 35.5 Å². The number of rotatable bonds is 6. The molecule has 0 radical (unpaired) electrons. The molecule has 1 heterocycles. The zero-order valence-electron chi connectivity index (χ0n) is 13.9. The number of aromatic nitrogens is 2. The number of aryl methyl sites for hydroxylation is 2. The summed E-state index contributed by atoms with van der Waals surface area (Å²) >= 11 is 0. The van der Waals surface area contributed by atoms with Crippen LogP contribution in [0.1, 0.15) is 17.5 Å². The molecule has 0 fully saturated rings. The number of hydrogen-bond acceptors (Lipinski definition) is 4. The fourth-order valence-corrected chi connectivity index (χ4v) is 3.83. The van der Waals surface area contributed by atoms with Gasteiger partial charge in [0.25, 0.3) is 10.0 Å². The minimum atomic E-state index is -4.87. The maximum Gasteiger partial charge on any atom is 0.420 e. The molecule has 0 bridgehead atoms. The Kier molecular flexibility index (Phi) is 5.31. The van der Waals surface area contributed by atoms with Crippen molar-refractivity contribution < 1.29 is 31.5 Å². The van der Waals surface area contributed by atoms with E-state index in [1.165, 1.54) is 18.2 Å². The Morgan fingerprint density at radius 3 is 2.58 bits per heavy atom. The third kappa shape index (κ3) is 3.98. The highest BCUT2D eigenvalue weighted by atomic mass is 32.2. The van der Waals surface area contributed by atoms with E-state index in [1.54, 1.807) is 6.07 Å². The fraction of sp³-hybridized carbons (Fsp3) is 0.333. The summed E-state index contributed by atoms with van der Waals surface area (Å²) in [4.78, 5) is 10.7. The summed E-state index contributed by atoms with van der Waals surface area (Å²) in [6.07, 6.45) is -4.40. The molecule has 0 saturated heterocycles. The first-order chi connectivity index (χ1) is 11.9. The van der Waals surface area contributed by atoms with Crippen LogP contribution < -0.4 is 4.31 Å². The number of benzene rings is 1. The van der Waals surface area contributed by atoms with Gasteiger partial charge in [0.2, 0.25) is 0 Å². The molecule has 26 heavy (non-hydrogen) atoms. The van der Waals surface area contributed by atoms with E-state index in [-0.39, 0.29) is 18.5 Å². The van der Waals surface area contributed by atoms with Gasteiger partial charge in [0, 0.05) is 20.5 Å². The second kappa shape index (κ2) is 6.98. The van der Waals surface area contributed by atoms with Crippen LogP contribution in [0.25, 0.3) is 0 Å². The van der Waals surface area contributed by atoms with Gasteiger partial charge in [-0.1, -0.05) is 12.1 Å². The number of hydrogen-bond donors (Lipinski definition) is 1. The number of aliphatic carboxylic acids is 1. The Labute approximate surface area is 147 Å². The van der Waals surface area contributed by atoms with E-state index in [4.69, 9.17) is 5.11 Å². The third-order valence-corrected chi connectivity index (χ3v) is 5.60. The van der Waals surface area contributed by atoms with Gasteiger partial charge in [-0.3, -0.25) is 13.8 Å². The van der Waals surface area contributed by atoms with Crippen LogP contribution in [0.3, 0.4) is 0 Å².